The van der Waals surface area contributed by atoms with Gasteiger partial charge < -0.3 is 0 Å². The summed E-state index contributed by atoms with van der Waals surface area (Å²) in [7, 11) is 0. The summed E-state index contributed by atoms with van der Waals surface area (Å²) in [5.74, 6) is 0. The Balaban J connectivity index is 3.23. The molecule has 0 aromatic heterocycles. The van der Waals surface area contributed by atoms with E-state index in [0.29, 0.717) is 0 Å². The lowest BCUT2D eigenvalue weighted by Gasteiger charge is -1.82. The molecule has 0 saturated heterocycles. The molecule has 2 heteroatoms. The molecule has 0 spiro atoms. The molecule has 0 radical (unpaired) electrons. The summed E-state index contributed by atoms with van der Waals surface area (Å²) in [6.45, 7) is 0. The fourth-order valence-electron chi connectivity index (χ4n) is 0.838. The van der Waals surface area contributed by atoms with E-state index in [1.807, 2.05) is 12.1 Å². The number of nitriles is 2. The zero-order valence-corrected chi connectivity index (χ0v) is 6.36. The highest BCUT2D eigenvalue weighted by molar-refractivity contribution is 5.42. The van der Waals surface area contributed by atoms with Crippen LogP contribution in [0.3, 0.4) is 0 Å². The summed E-state index contributed by atoms with van der Waals surface area (Å²) >= 11 is 0. The molecule has 1 aromatic rings. The van der Waals surface area contributed by atoms with Crippen LogP contribution in [0.5, 0.6) is 0 Å². The van der Waals surface area contributed by atoms with Crippen LogP contribution >= 0.6 is 0 Å². The van der Waals surface area contributed by atoms with E-state index in [1.165, 1.54) is 12.2 Å². The highest BCUT2D eigenvalue weighted by Gasteiger charge is 1.78. The van der Waals surface area contributed by atoms with E-state index in [-0.39, 0.29) is 0 Å². The highest BCUT2D eigenvalue weighted by Crippen LogP contribution is 1.70. The van der Waals surface area contributed by atoms with Gasteiger partial charge in [0, 0.05) is 12.2 Å². The quantitative estimate of drug-likeness (QED) is 0.539. The summed E-state index contributed by atoms with van der Waals surface area (Å²) in [5, 5.41) is 18.4. The van der Waals surface area contributed by atoms with E-state index in [2.05, 4.69) is 0 Å². The predicted molar refractivity (Wildman–Crippen MR) is 45.8 cm³/mol. The molecule has 0 N–H and O–H groups in total. The lowest BCUT2D eigenvalue weighted by atomic mass is 10.2. The van der Waals surface area contributed by atoms with Crippen molar-refractivity contribution in [3.8, 4) is 12.1 Å². The van der Waals surface area contributed by atoms with E-state index in [4.69, 9.17) is 10.5 Å². The summed E-state index contributed by atoms with van der Waals surface area (Å²) in [6, 6.07) is 11.1. The molecule has 2 nitrogen and oxygen atoms in total. The first-order chi connectivity index (χ1) is 5.86. The van der Waals surface area contributed by atoms with E-state index < -0.39 is 0 Å². The first kappa shape index (κ1) is 8.04. The Bertz CT molecular complexity index is 390. The zero-order chi connectivity index (χ0) is 8.81. The van der Waals surface area contributed by atoms with Crippen LogP contribution in [-0.2, 0) is 0 Å². The molecule has 0 amide bonds. The summed E-state index contributed by atoms with van der Waals surface area (Å²) in [5.41, 5.74) is 0. The van der Waals surface area contributed by atoms with E-state index in [0.717, 1.165) is 10.4 Å². The molecular weight excluding hydrogens is 148 g/mol. The minimum Gasteiger partial charge on any atom is -0.193 e. The predicted octanol–water partition coefficient (Wildman–Crippen LogP) is 0.295. The fraction of sp³-hybridized carbons (Fsp3) is 0. The van der Waals surface area contributed by atoms with Crippen molar-refractivity contribution >= 4 is 12.2 Å². The van der Waals surface area contributed by atoms with E-state index >= 15 is 0 Å². The van der Waals surface area contributed by atoms with E-state index in [9.17, 15) is 0 Å². The molecule has 0 atom stereocenters. The Morgan fingerprint density at radius 2 is 1.17 bits per heavy atom. The van der Waals surface area contributed by atoms with Gasteiger partial charge in [-0.1, -0.05) is 24.3 Å². The van der Waals surface area contributed by atoms with Crippen molar-refractivity contribution in [3.05, 3.63) is 34.7 Å². The maximum Gasteiger partial charge on any atom is 0.0918 e. The smallest absolute Gasteiger partial charge is 0.0918 e. The molecule has 0 aliphatic carbocycles. The fourth-order valence-corrected chi connectivity index (χ4v) is 0.838. The van der Waals surface area contributed by atoms with E-state index in [1.54, 1.807) is 24.3 Å². The first-order valence-electron chi connectivity index (χ1n) is 3.42. The van der Waals surface area contributed by atoms with Crippen LogP contribution in [0.2, 0.25) is 0 Å². The van der Waals surface area contributed by atoms with Crippen LogP contribution in [0.25, 0.3) is 12.2 Å². The van der Waals surface area contributed by atoms with Gasteiger partial charge in [0.2, 0.25) is 0 Å². The molecule has 1 rings (SSSR count). The summed E-state index contributed by atoms with van der Waals surface area (Å²) in [4.78, 5) is 0. The molecular formula is C10H6N2. The van der Waals surface area contributed by atoms with Crippen molar-refractivity contribution in [1.82, 2.24) is 0 Å². The molecule has 0 heterocycles. The monoisotopic (exact) mass is 154 g/mol. The second-order valence-corrected chi connectivity index (χ2v) is 2.21. The van der Waals surface area contributed by atoms with Gasteiger partial charge in [0.1, 0.15) is 0 Å². The van der Waals surface area contributed by atoms with Gasteiger partial charge in [-0.3, -0.25) is 0 Å². The summed E-state index contributed by atoms with van der Waals surface area (Å²) < 4.78 is 0. The van der Waals surface area contributed by atoms with Crippen LogP contribution < -0.4 is 10.4 Å². The van der Waals surface area contributed by atoms with Crippen LogP contribution in [0.1, 0.15) is 0 Å². The van der Waals surface area contributed by atoms with Crippen molar-refractivity contribution in [3.63, 3.8) is 0 Å². The average molecular weight is 154 g/mol. The van der Waals surface area contributed by atoms with Crippen molar-refractivity contribution in [1.29, 1.82) is 10.5 Å². The van der Waals surface area contributed by atoms with Gasteiger partial charge >= 0.3 is 0 Å². The standard InChI is InChI=1S/C10H6N2/c11-7-5-9-1-2-10(4-3-9)6-8-12/h1-6H. The SMILES string of the molecule is N#CC=c1ccc(=CC#N)cc1. The largest absolute Gasteiger partial charge is 0.193 e. The number of hydrogen-bond acceptors (Lipinski definition) is 2. The maximum atomic E-state index is 8.33. The van der Waals surface area contributed by atoms with Gasteiger partial charge in [0.05, 0.1) is 12.1 Å². The topological polar surface area (TPSA) is 47.6 Å². The first-order valence-corrected chi connectivity index (χ1v) is 3.42. The number of rotatable bonds is 0. The maximum absolute atomic E-state index is 8.33. The van der Waals surface area contributed by atoms with Gasteiger partial charge in [-0.2, -0.15) is 10.5 Å². The Morgan fingerprint density at radius 3 is 1.42 bits per heavy atom. The van der Waals surface area contributed by atoms with Crippen LogP contribution in [0, 0.1) is 22.7 Å². The third-order valence-electron chi connectivity index (χ3n) is 1.40. The number of hydrogen-bond donors (Lipinski definition) is 0. The Kier molecular flexibility index (Phi) is 2.65. The van der Waals surface area contributed by atoms with Gasteiger partial charge in [0.25, 0.3) is 0 Å². The van der Waals surface area contributed by atoms with Crippen molar-refractivity contribution < 1.29 is 0 Å². The lowest BCUT2D eigenvalue weighted by Crippen LogP contribution is -2.05. The normalized spacial score (nSPS) is 7.83. The van der Waals surface area contributed by atoms with Crippen LogP contribution in [0.15, 0.2) is 24.3 Å². The highest BCUT2D eigenvalue weighted by atomic mass is 14.2. The third kappa shape index (κ3) is 1.97. The Morgan fingerprint density at radius 1 is 0.833 bits per heavy atom. The van der Waals surface area contributed by atoms with Gasteiger partial charge in [0.15, 0.2) is 0 Å². The minimum atomic E-state index is 0.854. The molecule has 56 valence electrons. The molecule has 12 heavy (non-hydrogen) atoms. The van der Waals surface area contributed by atoms with Gasteiger partial charge in [-0.05, 0) is 10.4 Å². The minimum absolute atomic E-state index is 0.854. The Hall–Kier alpha value is -2.06. The zero-order valence-electron chi connectivity index (χ0n) is 6.36. The third-order valence-corrected chi connectivity index (χ3v) is 1.40. The van der Waals surface area contributed by atoms with Crippen molar-refractivity contribution in [2.45, 2.75) is 0 Å². The molecule has 0 saturated carbocycles. The molecule has 0 fully saturated rings. The molecule has 1 aromatic carbocycles. The van der Waals surface area contributed by atoms with Crippen molar-refractivity contribution in [2.75, 3.05) is 0 Å². The van der Waals surface area contributed by atoms with Crippen LogP contribution in [0.4, 0.5) is 0 Å². The number of benzene rings is 1. The van der Waals surface area contributed by atoms with Crippen molar-refractivity contribution in [2.24, 2.45) is 0 Å². The molecule has 0 unspecified atom stereocenters. The average Bonchev–Trinajstić information content (AvgIpc) is 2.09. The van der Waals surface area contributed by atoms with Gasteiger partial charge in [-0.25, -0.2) is 0 Å². The second kappa shape index (κ2) is 3.95. The Labute approximate surface area is 70.3 Å². The second-order valence-electron chi connectivity index (χ2n) is 2.21. The molecule has 0 aliphatic rings. The summed E-state index contributed by atoms with van der Waals surface area (Å²) in [6.07, 6.45) is 2.91. The number of nitrogens with zero attached hydrogens (tertiary/aromatic N) is 2. The lowest BCUT2D eigenvalue weighted by molar-refractivity contribution is 1.51. The molecule has 0 aliphatic heterocycles. The molecule has 0 bridgehead atoms. The van der Waals surface area contributed by atoms with Gasteiger partial charge in [-0.15, -0.1) is 0 Å². The van der Waals surface area contributed by atoms with Crippen LogP contribution in [-0.4, -0.2) is 0 Å².